The Hall–Kier alpha value is -2.54. The van der Waals surface area contributed by atoms with Gasteiger partial charge in [0.1, 0.15) is 10.2 Å². The van der Waals surface area contributed by atoms with Crippen LogP contribution < -0.4 is 0 Å². The highest BCUT2D eigenvalue weighted by Gasteiger charge is 2.26. The molecule has 1 aromatic carbocycles. The van der Waals surface area contributed by atoms with Crippen LogP contribution in [0.1, 0.15) is 34.8 Å². The molecule has 6 nitrogen and oxygen atoms in total. The van der Waals surface area contributed by atoms with Crippen molar-refractivity contribution in [2.75, 3.05) is 13.2 Å². The summed E-state index contributed by atoms with van der Waals surface area (Å²) in [4.78, 5) is 28.2. The summed E-state index contributed by atoms with van der Waals surface area (Å²) in [6.07, 6.45) is 0. The molecule has 2 aromatic rings. The lowest BCUT2D eigenvalue weighted by atomic mass is 10.2. The van der Waals surface area contributed by atoms with E-state index < -0.39 is 11.9 Å². The molecule has 0 saturated carbocycles. The van der Waals surface area contributed by atoms with Crippen molar-refractivity contribution < 1.29 is 23.5 Å². The van der Waals surface area contributed by atoms with Gasteiger partial charge in [-0.25, -0.2) is 14.6 Å². The molecule has 23 heavy (non-hydrogen) atoms. The van der Waals surface area contributed by atoms with Crippen molar-refractivity contribution in [2.45, 2.75) is 13.8 Å². The van der Waals surface area contributed by atoms with Gasteiger partial charge in [-0.15, -0.1) is 0 Å². The molecule has 1 heterocycles. The Morgan fingerprint density at radius 1 is 1.09 bits per heavy atom. The van der Waals surface area contributed by atoms with E-state index in [0.717, 1.165) is 0 Å². The van der Waals surface area contributed by atoms with E-state index in [2.05, 4.69) is 4.98 Å². The van der Waals surface area contributed by atoms with Crippen LogP contribution in [0.5, 0.6) is 0 Å². The summed E-state index contributed by atoms with van der Waals surface area (Å²) in [7, 11) is 0. The molecule has 0 unspecified atom stereocenters. The summed E-state index contributed by atoms with van der Waals surface area (Å²) >= 11 is 5.14. The van der Waals surface area contributed by atoms with Crippen molar-refractivity contribution in [1.29, 1.82) is 0 Å². The number of esters is 2. The monoisotopic (exact) mass is 333 g/mol. The maximum atomic E-state index is 12.1. The predicted octanol–water partition coefficient (Wildman–Crippen LogP) is 3.42. The number of ether oxygens (including phenoxy) is 2. The Kier molecular flexibility index (Phi) is 5.59. The molecule has 0 aliphatic carbocycles. The van der Waals surface area contributed by atoms with Gasteiger partial charge in [0.2, 0.25) is 11.7 Å². The molecule has 0 radical (unpaired) electrons. The summed E-state index contributed by atoms with van der Waals surface area (Å²) in [6, 6.07) is 8.91. The molecule has 0 aliphatic rings. The van der Waals surface area contributed by atoms with Gasteiger partial charge in [0, 0.05) is 5.56 Å². The Labute approximate surface area is 138 Å². The molecule has 1 aromatic heterocycles. The third kappa shape index (κ3) is 3.81. The lowest BCUT2D eigenvalue weighted by molar-refractivity contribution is 0.0444. The highest BCUT2D eigenvalue weighted by atomic mass is 32.1. The van der Waals surface area contributed by atoms with E-state index in [1.54, 1.807) is 38.1 Å². The van der Waals surface area contributed by atoms with Crippen LogP contribution in [0.2, 0.25) is 0 Å². The van der Waals surface area contributed by atoms with E-state index in [1.165, 1.54) is 0 Å². The van der Waals surface area contributed by atoms with Crippen LogP contribution >= 0.6 is 12.2 Å². The first kappa shape index (κ1) is 16.8. The molecule has 0 fully saturated rings. The fourth-order valence-electron chi connectivity index (χ4n) is 1.84. The van der Waals surface area contributed by atoms with Crippen molar-refractivity contribution in [3.63, 3.8) is 0 Å². The number of carbonyl (C=O) groups is 2. The zero-order valence-corrected chi connectivity index (χ0v) is 13.5. The summed E-state index contributed by atoms with van der Waals surface area (Å²) in [5.41, 5.74) is 0.430. The molecule has 0 N–H and O–H groups in total. The standard InChI is InChI=1S/C16H15NO5S/c1-3-20-15(18)11-12(16(19)21-4-2)22-13(17-14(11)23)10-8-6-5-7-9-10/h5-9H,3-4H2,1-2H3. The Balaban J connectivity index is 2.62. The topological polar surface area (TPSA) is 78.6 Å². The smallest absolute Gasteiger partial charge is 0.375 e. The number of aromatic nitrogens is 1. The van der Waals surface area contributed by atoms with Gasteiger partial charge in [0.15, 0.2) is 0 Å². The second kappa shape index (κ2) is 7.64. The van der Waals surface area contributed by atoms with Gasteiger partial charge in [0.25, 0.3) is 0 Å². The van der Waals surface area contributed by atoms with E-state index >= 15 is 0 Å². The normalized spacial score (nSPS) is 10.2. The van der Waals surface area contributed by atoms with Gasteiger partial charge >= 0.3 is 11.9 Å². The Bertz CT molecular complexity index is 770. The number of rotatable bonds is 5. The highest BCUT2D eigenvalue weighted by molar-refractivity contribution is 7.71. The zero-order valence-electron chi connectivity index (χ0n) is 12.7. The number of carbonyl (C=O) groups excluding carboxylic acids is 2. The first-order valence-electron chi connectivity index (χ1n) is 7.03. The third-order valence-electron chi connectivity index (χ3n) is 2.80. The Morgan fingerprint density at radius 2 is 1.70 bits per heavy atom. The summed E-state index contributed by atoms with van der Waals surface area (Å²) in [5, 5.41) is 0. The second-order valence-electron chi connectivity index (χ2n) is 4.34. The Morgan fingerprint density at radius 3 is 2.30 bits per heavy atom. The van der Waals surface area contributed by atoms with Gasteiger partial charge in [-0.1, -0.05) is 30.4 Å². The van der Waals surface area contributed by atoms with Crippen molar-refractivity contribution in [3.8, 4) is 11.5 Å². The zero-order chi connectivity index (χ0) is 16.8. The van der Waals surface area contributed by atoms with E-state index in [-0.39, 0.29) is 35.1 Å². The van der Waals surface area contributed by atoms with Crippen LogP contribution in [0.25, 0.3) is 11.5 Å². The first-order valence-corrected chi connectivity index (χ1v) is 7.44. The van der Waals surface area contributed by atoms with E-state index in [1.807, 2.05) is 6.07 Å². The first-order chi connectivity index (χ1) is 11.1. The quantitative estimate of drug-likeness (QED) is 0.612. The lowest BCUT2D eigenvalue weighted by Crippen LogP contribution is -2.16. The van der Waals surface area contributed by atoms with Crippen LogP contribution in [0.15, 0.2) is 34.7 Å². The predicted molar refractivity (Wildman–Crippen MR) is 84.7 cm³/mol. The second-order valence-corrected chi connectivity index (χ2v) is 4.72. The fourth-order valence-corrected chi connectivity index (χ4v) is 2.10. The SMILES string of the molecule is CCOC(=O)c1oc(-c2ccccc2)nc(=S)c1C(=O)OCC. The molecule has 7 heteroatoms. The largest absolute Gasteiger partial charge is 0.462 e. The van der Waals surface area contributed by atoms with Crippen molar-refractivity contribution in [3.05, 3.63) is 46.3 Å². The van der Waals surface area contributed by atoms with Gasteiger partial charge < -0.3 is 13.9 Å². The molecule has 120 valence electrons. The van der Waals surface area contributed by atoms with E-state index in [0.29, 0.717) is 5.56 Å². The maximum Gasteiger partial charge on any atom is 0.375 e. The van der Waals surface area contributed by atoms with Crippen LogP contribution in [0, 0.1) is 4.64 Å². The minimum Gasteiger partial charge on any atom is -0.462 e. The van der Waals surface area contributed by atoms with E-state index in [4.69, 9.17) is 26.1 Å². The molecule has 0 atom stereocenters. The minimum atomic E-state index is -0.791. The minimum absolute atomic E-state index is 0.0726. The molecule has 0 aliphatic heterocycles. The summed E-state index contributed by atoms with van der Waals surface area (Å²) in [6.45, 7) is 3.56. The molecule has 0 amide bonds. The number of nitrogens with zero attached hydrogens (tertiary/aromatic N) is 1. The number of hydrogen-bond acceptors (Lipinski definition) is 7. The summed E-state index contributed by atoms with van der Waals surface area (Å²) in [5.74, 6) is -1.73. The van der Waals surface area contributed by atoms with Crippen LogP contribution in [0.4, 0.5) is 0 Å². The van der Waals surface area contributed by atoms with Crippen LogP contribution in [-0.2, 0) is 9.47 Å². The lowest BCUT2D eigenvalue weighted by Gasteiger charge is -2.09. The van der Waals surface area contributed by atoms with Crippen LogP contribution in [0.3, 0.4) is 0 Å². The molecular weight excluding hydrogens is 318 g/mol. The molecule has 0 saturated heterocycles. The average Bonchev–Trinajstić information content (AvgIpc) is 2.55. The summed E-state index contributed by atoms with van der Waals surface area (Å²) < 4.78 is 15.3. The van der Waals surface area contributed by atoms with Gasteiger partial charge in [-0.3, -0.25) is 0 Å². The molecule has 0 spiro atoms. The molecule has 2 rings (SSSR count). The van der Waals surface area contributed by atoms with Crippen molar-refractivity contribution in [1.82, 2.24) is 4.98 Å². The molecule has 0 bridgehead atoms. The maximum absolute atomic E-state index is 12.1. The number of hydrogen-bond donors (Lipinski definition) is 0. The molecular formula is C16H15NO5S. The number of benzene rings is 1. The van der Waals surface area contributed by atoms with Crippen molar-refractivity contribution in [2.24, 2.45) is 0 Å². The fraction of sp³-hybridized carbons (Fsp3) is 0.250. The van der Waals surface area contributed by atoms with Crippen LogP contribution in [-0.4, -0.2) is 30.1 Å². The van der Waals surface area contributed by atoms with E-state index in [9.17, 15) is 9.59 Å². The van der Waals surface area contributed by atoms with Gasteiger partial charge in [-0.2, -0.15) is 0 Å². The van der Waals surface area contributed by atoms with Crippen molar-refractivity contribution >= 4 is 24.2 Å². The van der Waals surface area contributed by atoms with Gasteiger partial charge in [0.05, 0.1) is 13.2 Å². The van der Waals surface area contributed by atoms with Gasteiger partial charge in [-0.05, 0) is 26.0 Å². The average molecular weight is 333 g/mol. The highest BCUT2D eigenvalue weighted by Crippen LogP contribution is 2.22. The third-order valence-corrected chi connectivity index (χ3v) is 3.10.